The molecule has 0 radical (unpaired) electrons. The van der Waals surface area contributed by atoms with Gasteiger partial charge in [0.2, 0.25) is 0 Å². The molecule has 3 rings (SSSR count). The van der Waals surface area contributed by atoms with E-state index in [0.717, 1.165) is 0 Å². The fourth-order valence-electron chi connectivity index (χ4n) is 3.37. The van der Waals surface area contributed by atoms with Gasteiger partial charge in [0.25, 0.3) is 17.6 Å². The number of amidine groups is 1. The topological polar surface area (TPSA) is 108 Å². The van der Waals surface area contributed by atoms with Crippen molar-refractivity contribution in [2.45, 2.75) is 31.5 Å². The van der Waals surface area contributed by atoms with Gasteiger partial charge in [0, 0.05) is 20.1 Å². The molecule has 0 bridgehead atoms. The molecule has 1 aromatic rings. The molecule has 154 valence electrons. The Morgan fingerprint density at radius 1 is 1.31 bits per heavy atom. The Balaban J connectivity index is 1.81. The van der Waals surface area contributed by atoms with Crippen molar-refractivity contribution < 1.29 is 28.3 Å². The molecular formula is C19H21FN4O5. The molecule has 0 aromatic heterocycles. The predicted molar refractivity (Wildman–Crippen MR) is 99.4 cm³/mol. The second kappa shape index (κ2) is 8.38. The first-order chi connectivity index (χ1) is 13.8. The number of likely N-dealkylation sites (N-methyl/N-ethyl adjacent to an activating group) is 1. The second-order valence-electron chi connectivity index (χ2n) is 6.79. The number of benzene rings is 1. The monoisotopic (exact) mass is 404 g/mol. The molecule has 0 spiro atoms. The standard InChI is InChI=1S/C19H21FN4O5/c1-23(19(28)29-2)13-4-3-9-24-16(13)22-14(15(25)18(24)27)17(26)21-10-11-5-7-12(20)8-6-11/h5-8,13-14H,3-4,9-10H2,1-2H3,(H,21,26). The molecule has 2 aliphatic heterocycles. The number of carbonyl (C=O) groups excluding carboxylic acids is 4. The van der Waals surface area contributed by atoms with Gasteiger partial charge in [-0.05, 0) is 30.5 Å². The summed E-state index contributed by atoms with van der Waals surface area (Å²) in [5.74, 6) is -2.68. The van der Waals surface area contributed by atoms with Gasteiger partial charge in [-0.3, -0.25) is 19.3 Å². The molecule has 3 amide bonds. The summed E-state index contributed by atoms with van der Waals surface area (Å²) >= 11 is 0. The number of fused-ring (bicyclic) bond motifs is 1. The zero-order valence-corrected chi connectivity index (χ0v) is 16.1. The molecule has 2 heterocycles. The first kappa shape index (κ1) is 20.4. The smallest absolute Gasteiger partial charge is 0.409 e. The lowest BCUT2D eigenvalue weighted by molar-refractivity contribution is -0.146. The fraction of sp³-hybridized carbons (Fsp3) is 0.421. The zero-order chi connectivity index (χ0) is 21.1. The zero-order valence-electron chi connectivity index (χ0n) is 16.1. The van der Waals surface area contributed by atoms with E-state index >= 15 is 0 Å². The third-order valence-electron chi connectivity index (χ3n) is 4.96. The molecule has 2 unspecified atom stereocenters. The predicted octanol–water partition coefficient (Wildman–Crippen LogP) is 0.481. The lowest BCUT2D eigenvalue weighted by Crippen LogP contribution is -2.61. The van der Waals surface area contributed by atoms with Crippen molar-refractivity contribution in [3.05, 3.63) is 35.6 Å². The van der Waals surface area contributed by atoms with Gasteiger partial charge in [-0.2, -0.15) is 0 Å². The van der Waals surface area contributed by atoms with Crippen molar-refractivity contribution >= 4 is 29.5 Å². The normalized spacial score (nSPS) is 21.2. The van der Waals surface area contributed by atoms with E-state index in [1.807, 2.05) is 0 Å². The minimum atomic E-state index is -1.53. The first-order valence-corrected chi connectivity index (χ1v) is 9.09. The van der Waals surface area contributed by atoms with Crippen LogP contribution in [-0.4, -0.2) is 72.1 Å². The average Bonchev–Trinajstić information content (AvgIpc) is 2.74. The van der Waals surface area contributed by atoms with Crippen molar-refractivity contribution in [1.29, 1.82) is 0 Å². The Morgan fingerprint density at radius 2 is 2.00 bits per heavy atom. The highest BCUT2D eigenvalue weighted by atomic mass is 19.1. The number of aliphatic imine (C=N–C) groups is 1. The summed E-state index contributed by atoms with van der Waals surface area (Å²) < 4.78 is 17.7. The van der Waals surface area contributed by atoms with E-state index in [0.29, 0.717) is 24.9 Å². The third kappa shape index (κ3) is 4.10. The van der Waals surface area contributed by atoms with Crippen LogP contribution < -0.4 is 5.32 Å². The Hall–Kier alpha value is -3.30. The second-order valence-corrected chi connectivity index (χ2v) is 6.79. The largest absolute Gasteiger partial charge is 0.453 e. The van der Waals surface area contributed by atoms with E-state index in [9.17, 15) is 23.6 Å². The quantitative estimate of drug-likeness (QED) is 0.580. The van der Waals surface area contributed by atoms with Crippen molar-refractivity contribution in [2.24, 2.45) is 4.99 Å². The highest BCUT2D eigenvalue weighted by Crippen LogP contribution is 2.23. The molecule has 10 heteroatoms. The number of nitrogens with one attached hydrogen (secondary N) is 1. The van der Waals surface area contributed by atoms with Crippen molar-refractivity contribution in [2.75, 3.05) is 20.7 Å². The lowest BCUT2D eigenvalue weighted by Gasteiger charge is -2.40. The number of ketones is 1. The number of nitrogens with zero attached hydrogens (tertiary/aromatic N) is 3. The van der Waals surface area contributed by atoms with Crippen LogP contribution in [0.15, 0.2) is 29.3 Å². The van der Waals surface area contributed by atoms with Gasteiger partial charge >= 0.3 is 6.09 Å². The van der Waals surface area contributed by atoms with Gasteiger partial charge in [0.05, 0.1) is 13.2 Å². The molecule has 9 nitrogen and oxygen atoms in total. The van der Waals surface area contributed by atoms with Crippen molar-refractivity contribution in [3.63, 3.8) is 0 Å². The van der Waals surface area contributed by atoms with Crippen molar-refractivity contribution in [1.82, 2.24) is 15.1 Å². The van der Waals surface area contributed by atoms with Gasteiger partial charge < -0.3 is 15.0 Å². The molecule has 2 atom stereocenters. The molecule has 1 fully saturated rings. The van der Waals surface area contributed by atoms with Crippen LogP contribution >= 0.6 is 0 Å². The maximum absolute atomic E-state index is 13.0. The Morgan fingerprint density at radius 3 is 2.66 bits per heavy atom. The molecule has 0 aliphatic carbocycles. The van der Waals surface area contributed by atoms with Crippen LogP contribution in [0, 0.1) is 5.82 Å². The van der Waals surface area contributed by atoms with Gasteiger partial charge in [-0.1, -0.05) is 12.1 Å². The summed E-state index contributed by atoms with van der Waals surface area (Å²) in [4.78, 5) is 56.2. The average molecular weight is 404 g/mol. The van der Waals surface area contributed by atoms with E-state index in [2.05, 4.69) is 10.3 Å². The summed E-state index contributed by atoms with van der Waals surface area (Å²) in [5, 5.41) is 2.55. The SMILES string of the molecule is COC(=O)N(C)C1CCCN2C(=O)C(=O)C(C(=O)NCc3ccc(F)cc3)N=C12. The summed E-state index contributed by atoms with van der Waals surface area (Å²) in [5.41, 5.74) is 0.629. The van der Waals surface area contributed by atoms with E-state index < -0.39 is 41.6 Å². The third-order valence-corrected chi connectivity index (χ3v) is 4.96. The first-order valence-electron chi connectivity index (χ1n) is 9.09. The minimum Gasteiger partial charge on any atom is -0.453 e. The van der Waals surface area contributed by atoms with Crippen LogP contribution in [-0.2, 0) is 25.7 Å². The van der Waals surface area contributed by atoms with E-state index in [1.54, 1.807) is 0 Å². The van der Waals surface area contributed by atoms with Gasteiger partial charge in [-0.25, -0.2) is 14.2 Å². The number of carbonyl (C=O) groups is 4. The van der Waals surface area contributed by atoms with Crippen LogP contribution in [0.2, 0.25) is 0 Å². The Kier molecular flexibility index (Phi) is 5.90. The molecular weight excluding hydrogens is 383 g/mol. The fourth-order valence-corrected chi connectivity index (χ4v) is 3.37. The van der Waals surface area contributed by atoms with Gasteiger partial charge in [-0.15, -0.1) is 0 Å². The van der Waals surface area contributed by atoms with E-state index in [-0.39, 0.29) is 12.4 Å². The maximum Gasteiger partial charge on any atom is 0.409 e. The van der Waals surface area contributed by atoms with E-state index in [1.165, 1.54) is 48.2 Å². The van der Waals surface area contributed by atoms with E-state index in [4.69, 9.17) is 4.74 Å². The number of ether oxygens (including phenoxy) is 1. The van der Waals surface area contributed by atoms with Crippen LogP contribution in [0.3, 0.4) is 0 Å². The number of rotatable bonds is 4. The molecule has 1 saturated heterocycles. The Bertz CT molecular complexity index is 870. The molecule has 1 aromatic carbocycles. The number of hydrogen-bond donors (Lipinski definition) is 1. The van der Waals surface area contributed by atoms with Crippen LogP contribution in [0.5, 0.6) is 0 Å². The van der Waals surface area contributed by atoms with Gasteiger partial charge in [0.1, 0.15) is 11.7 Å². The number of halogens is 1. The highest BCUT2D eigenvalue weighted by Gasteiger charge is 2.45. The molecule has 29 heavy (non-hydrogen) atoms. The molecule has 0 saturated carbocycles. The summed E-state index contributed by atoms with van der Waals surface area (Å²) in [6.45, 7) is 0.343. The van der Waals surface area contributed by atoms with Crippen LogP contribution in [0.25, 0.3) is 0 Å². The molecule has 1 N–H and O–H groups in total. The summed E-state index contributed by atoms with van der Waals surface area (Å²) in [6, 6.07) is 3.40. The van der Waals surface area contributed by atoms with Crippen LogP contribution in [0.1, 0.15) is 18.4 Å². The molecule has 2 aliphatic rings. The number of Topliss-reactive ketones (excluding diaryl/α,β-unsaturated/α-hetero) is 1. The summed E-state index contributed by atoms with van der Waals surface area (Å²) in [7, 11) is 2.75. The van der Waals surface area contributed by atoms with Crippen LogP contribution in [0.4, 0.5) is 9.18 Å². The lowest BCUT2D eigenvalue weighted by atomic mass is 9.98. The van der Waals surface area contributed by atoms with Crippen molar-refractivity contribution in [3.8, 4) is 0 Å². The minimum absolute atomic E-state index is 0.0527. The number of amides is 3. The maximum atomic E-state index is 13.0. The highest BCUT2D eigenvalue weighted by molar-refractivity contribution is 6.46. The Labute approximate surface area is 166 Å². The number of hydrogen-bond acceptors (Lipinski definition) is 6. The summed E-state index contributed by atoms with van der Waals surface area (Å²) in [6.07, 6.45) is 0.485. The number of piperidine rings is 1. The number of methoxy groups -OCH3 is 1. The van der Waals surface area contributed by atoms with Gasteiger partial charge in [0.15, 0.2) is 6.04 Å².